The Morgan fingerprint density at radius 2 is 1.77 bits per heavy atom. The Hall–Kier alpha value is -2.64. The molecule has 7 heteroatoms. The minimum Gasteiger partial charge on any atom is -0.395 e. The summed E-state index contributed by atoms with van der Waals surface area (Å²) in [6.07, 6.45) is 2.42. The van der Waals surface area contributed by atoms with Crippen molar-refractivity contribution < 1.29 is 19.5 Å². The fourth-order valence-electron chi connectivity index (χ4n) is 1.97. The average Bonchev–Trinajstić information content (AvgIpc) is 2.51. The maximum absolute atomic E-state index is 12.0. The van der Waals surface area contributed by atoms with Crippen molar-refractivity contribution in [2.24, 2.45) is 0 Å². The summed E-state index contributed by atoms with van der Waals surface area (Å²) in [4.78, 5) is 28.8. The van der Waals surface area contributed by atoms with E-state index < -0.39 is 0 Å². The van der Waals surface area contributed by atoms with Crippen molar-refractivity contribution in [3.63, 3.8) is 0 Å². The molecular weight excluding hydrogens is 286 g/mol. The highest BCUT2D eigenvalue weighted by atomic mass is 16.6. The number of nitrogens with one attached hydrogen (secondary N) is 3. The number of anilines is 2. The molecule has 4 N–H and O–H groups in total. The van der Waals surface area contributed by atoms with Crippen molar-refractivity contribution in [2.75, 3.05) is 31.1 Å². The zero-order valence-electron chi connectivity index (χ0n) is 12.1. The molecule has 0 fully saturated rings. The molecule has 0 amide bonds. The van der Waals surface area contributed by atoms with E-state index in [0.29, 0.717) is 11.4 Å². The third kappa shape index (κ3) is 3.72. The van der Waals surface area contributed by atoms with Gasteiger partial charge in [-0.05, 0) is 30.4 Å². The number of aliphatic hydroxyl groups is 1. The molecule has 22 heavy (non-hydrogen) atoms. The number of benzene rings is 1. The van der Waals surface area contributed by atoms with E-state index in [0.717, 1.165) is 0 Å². The van der Waals surface area contributed by atoms with Crippen molar-refractivity contribution in [2.45, 2.75) is 0 Å². The Bertz CT molecular complexity index is 637. The van der Waals surface area contributed by atoms with Crippen molar-refractivity contribution in [3.8, 4) is 0 Å². The molecule has 2 rings (SSSR count). The van der Waals surface area contributed by atoms with Crippen LogP contribution in [0.1, 0.15) is 0 Å². The number of aliphatic hydroxyl groups excluding tert-OH is 1. The van der Waals surface area contributed by atoms with Crippen LogP contribution >= 0.6 is 0 Å². The molecule has 0 bridgehead atoms. The molecule has 0 aromatic heterocycles. The Morgan fingerprint density at radius 3 is 2.45 bits per heavy atom. The molecule has 116 valence electrons. The van der Waals surface area contributed by atoms with Gasteiger partial charge in [0.25, 0.3) is 0 Å². The lowest BCUT2D eigenvalue weighted by Crippen LogP contribution is -2.31. The minimum atomic E-state index is -0.318. The van der Waals surface area contributed by atoms with E-state index >= 15 is 0 Å². The largest absolute Gasteiger partial charge is 0.395 e. The van der Waals surface area contributed by atoms with Crippen molar-refractivity contribution in [1.29, 1.82) is 0 Å². The quantitative estimate of drug-likeness (QED) is 0.432. The van der Waals surface area contributed by atoms with E-state index in [1.807, 2.05) is 0 Å². The van der Waals surface area contributed by atoms with E-state index in [4.69, 9.17) is 9.94 Å². The molecule has 7 nitrogen and oxygen atoms in total. The first kappa shape index (κ1) is 15.7. The Labute approximate surface area is 127 Å². The second kappa shape index (κ2) is 7.39. The fourth-order valence-corrected chi connectivity index (χ4v) is 1.97. The molecule has 0 heterocycles. The minimum absolute atomic E-state index is 0.144. The first-order valence-electron chi connectivity index (χ1n) is 6.67. The number of hydrogen-bond donors (Lipinski definition) is 4. The van der Waals surface area contributed by atoms with Gasteiger partial charge in [-0.1, -0.05) is 6.07 Å². The lowest BCUT2D eigenvalue weighted by molar-refractivity contribution is -0.115. The summed E-state index contributed by atoms with van der Waals surface area (Å²) < 4.78 is 0. The van der Waals surface area contributed by atoms with Gasteiger partial charge in [0, 0.05) is 12.2 Å². The first-order chi connectivity index (χ1) is 10.7. The fraction of sp³-hybridized carbons (Fsp3) is 0.200. The molecule has 1 aromatic rings. The van der Waals surface area contributed by atoms with Gasteiger partial charge < -0.3 is 15.7 Å². The van der Waals surface area contributed by atoms with Crippen LogP contribution in [0.2, 0.25) is 0 Å². The van der Waals surface area contributed by atoms with Crippen molar-refractivity contribution >= 4 is 22.9 Å². The van der Waals surface area contributed by atoms with E-state index in [-0.39, 0.29) is 36.1 Å². The molecular formula is C15H17N3O4. The number of carbonyl (C=O) groups excluding carboxylic acids is 2. The van der Waals surface area contributed by atoms with Gasteiger partial charge in [0.05, 0.1) is 19.4 Å². The number of rotatable bonds is 7. The molecule has 0 saturated heterocycles. The monoisotopic (exact) mass is 303 g/mol. The van der Waals surface area contributed by atoms with Crippen LogP contribution in [0.4, 0.5) is 11.4 Å². The molecule has 0 aliphatic heterocycles. The highest BCUT2D eigenvalue weighted by Crippen LogP contribution is 2.20. The average molecular weight is 303 g/mol. The normalized spacial score (nSPS) is 14.3. The van der Waals surface area contributed by atoms with E-state index in [1.165, 1.54) is 19.3 Å². The van der Waals surface area contributed by atoms with Crippen LogP contribution in [0.25, 0.3) is 0 Å². The zero-order valence-corrected chi connectivity index (χ0v) is 12.1. The Kier molecular flexibility index (Phi) is 5.29. The number of ketones is 2. The first-order valence-corrected chi connectivity index (χ1v) is 6.67. The second-order valence-corrected chi connectivity index (χ2v) is 4.47. The summed E-state index contributed by atoms with van der Waals surface area (Å²) in [5.74, 6) is -0.633. The van der Waals surface area contributed by atoms with Crippen LogP contribution in [0, 0.1) is 0 Å². The van der Waals surface area contributed by atoms with Crippen LogP contribution in [-0.2, 0) is 14.4 Å². The van der Waals surface area contributed by atoms with Crippen molar-refractivity contribution in [1.82, 2.24) is 5.32 Å². The SMILES string of the molecule is CONc1cccc(NC2=C(NCCO)C(=O)C=CC2=O)c1. The summed E-state index contributed by atoms with van der Waals surface area (Å²) in [7, 11) is 1.49. The molecule has 0 unspecified atom stereocenters. The summed E-state index contributed by atoms with van der Waals surface area (Å²) >= 11 is 0. The number of carbonyl (C=O) groups is 2. The van der Waals surface area contributed by atoms with Gasteiger partial charge in [0.15, 0.2) is 0 Å². The van der Waals surface area contributed by atoms with E-state index in [9.17, 15) is 9.59 Å². The number of hydrogen-bond acceptors (Lipinski definition) is 7. The van der Waals surface area contributed by atoms with Gasteiger partial charge in [-0.25, -0.2) is 0 Å². The Morgan fingerprint density at radius 1 is 1.09 bits per heavy atom. The predicted molar refractivity (Wildman–Crippen MR) is 82.0 cm³/mol. The van der Waals surface area contributed by atoms with E-state index in [1.54, 1.807) is 24.3 Å². The molecule has 0 spiro atoms. The van der Waals surface area contributed by atoms with Gasteiger partial charge in [-0.2, -0.15) is 0 Å². The molecule has 1 aromatic carbocycles. The maximum Gasteiger partial charge on any atom is 0.204 e. The highest BCUT2D eigenvalue weighted by molar-refractivity contribution is 6.20. The van der Waals surface area contributed by atoms with Crippen LogP contribution < -0.4 is 16.1 Å². The number of allylic oxidation sites excluding steroid dienone is 2. The van der Waals surface area contributed by atoms with Crippen LogP contribution in [0.3, 0.4) is 0 Å². The van der Waals surface area contributed by atoms with Gasteiger partial charge in [0.2, 0.25) is 11.6 Å². The summed E-state index contributed by atoms with van der Waals surface area (Å²) in [5, 5.41) is 14.6. The van der Waals surface area contributed by atoms with Gasteiger partial charge >= 0.3 is 0 Å². The second-order valence-electron chi connectivity index (χ2n) is 4.47. The van der Waals surface area contributed by atoms with Gasteiger partial charge in [-0.3, -0.25) is 19.9 Å². The zero-order chi connectivity index (χ0) is 15.9. The van der Waals surface area contributed by atoms with Crippen LogP contribution in [0.15, 0.2) is 47.8 Å². The maximum atomic E-state index is 12.0. The third-order valence-corrected chi connectivity index (χ3v) is 2.89. The predicted octanol–water partition coefficient (Wildman–Crippen LogP) is 0.573. The lowest BCUT2D eigenvalue weighted by atomic mass is 10.1. The topological polar surface area (TPSA) is 99.7 Å². The smallest absolute Gasteiger partial charge is 0.204 e. The molecule has 1 aliphatic rings. The summed E-state index contributed by atoms with van der Waals surface area (Å²) in [5.41, 5.74) is 4.29. The summed E-state index contributed by atoms with van der Waals surface area (Å²) in [6.45, 7) is 0.0356. The molecule has 0 radical (unpaired) electrons. The third-order valence-electron chi connectivity index (χ3n) is 2.89. The molecule has 0 saturated carbocycles. The highest BCUT2D eigenvalue weighted by Gasteiger charge is 2.22. The molecule has 1 aliphatic carbocycles. The standard InChI is InChI=1S/C15H17N3O4/c1-22-18-11-4-2-3-10(9-11)17-15-13(21)6-5-12(20)14(15)16-7-8-19/h2-6,9,16-19H,7-8H2,1H3. The van der Waals surface area contributed by atoms with Crippen molar-refractivity contribution in [3.05, 3.63) is 47.8 Å². The Balaban J connectivity index is 2.28. The lowest BCUT2D eigenvalue weighted by Gasteiger charge is -2.18. The van der Waals surface area contributed by atoms with Gasteiger partial charge in [0.1, 0.15) is 11.4 Å². The molecule has 0 atom stereocenters. The van der Waals surface area contributed by atoms with E-state index in [2.05, 4.69) is 16.1 Å². The van der Waals surface area contributed by atoms with Crippen LogP contribution in [-0.4, -0.2) is 36.9 Å². The van der Waals surface area contributed by atoms with Crippen LogP contribution in [0.5, 0.6) is 0 Å². The summed E-state index contributed by atoms with van der Waals surface area (Å²) in [6, 6.07) is 7.06. The van der Waals surface area contributed by atoms with Gasteiger partial charge in [-0.15, -0.1) is 0 Å².